The van der Waals surface area contributed by atoms with Gasteiger partial charge in [-0.3, -0.25) is 4.79 Å². The number of rotatable bonds is 5. The van der Waals surface area contributed by atoms with Gasteiger partial charge < -0.3 is 10.1 Å². The maximum absolute atomic E-state index is 12.5. The second-order valence-corrected chi connectivity index (χ2v) is 6.76. The first-order chi connectivity index (χ1) is 12.8. The Hall–Kier alpha value is -3.15. The monoisotopic (exact) mass is 365 g/mol. The molecule has 1 N–H and O–H groups in total. The van der Waals surface area contributed by atoms with E-state index in [1.165, 1.54) is 11.1 Å². The summed E-state index contributed by atoms with van der Waals surface area (Å²) in [6.45, 7) is 9.78. The standard InChI is InChI=1S/C21H23N3O3/c1-12-6-8-17(10-14(12)3)19-20(24-27-23-19)22-21(25)16(5)26-18-9-7-13(2)15(4)11-18/h6-11,16H,1-5H3,(H,22,24,25). The Morgan fingerprint density at radius 3 is 2.30 bits per heavy atom. The second-order valence-electron chi connectivity index (χ2n) is 6.76. The van der Waals surface area contributed by atoms with E-state index in [0.717, 1.165) is 16.7 Å². The number of aromatic nitrogens is 2. The number of hydrogen-bond donors (Lipinski definition) is 1. The highest BCUT2D eigenvalue weighted by Gasteiger charge is 2.20. The third-order valence-corrected chi connectivity index (χ3v) is 4.67. The summed E-state index contributed by atoms with van der Waals surface area (Å²) in [5, 5.41) is 10.5. The lowest BCUT2D eigenvalue weighted by Gasteiger charge is -2.15. The molecule has 0 spiro atoms. The Labute approximate surface area is 158 Å². The number of carbonyl (C=O) groups excluding carboxylic acids is 1. The van der Waals surface area contributed by atoms with Gasteiger partial charge in [-0.05, 0) is 85.4 Å². The van der Waals surface area contributed by atoms with Crippen LogP contribution in [0.5, 0.6) is 5.75 Å². The minimum atomic E-state index is -0.698. The molecule has 3 rings (SSSR count). The number of benzene rings is 2. The largest absolute Gasteiger partial charge is 0.481 e. The number of nitrogens with zero attached hydrogens (tertiary/aromatic N) is 2. The van der Waals surface area contributed by atoms with Gasteiger partial charge in [-0.2, -0.15) is 0 Å². The maximum atomic E-state index is 12.5. The van der Waals surface area contributed by atoms with Crippen molar-refractivity contribution in [2.24, 2.45) is 0 Å². The topological polar surface area (TPSA) is 77.2 Å². The van der Waals surface area contributed by atoms with Crippen molar-refractivity contribution in [1.29, 1.82) is 0 Å². The Balaban J connectivity index is 1.73. The fraction of sp³-hybridized carbons (Fsp3) is 0.286. The van der Waals surface area contributed by atoms with Crippen LogP contribution < -0.4 is 10.1 Å². The van der Waals surface area contributed by atoms with Crippen LogP contribution in [0.1, 0.15) is 29.2 Å². The smallest absolute Gasteiger partial charge is 0.266 e. The highest BCUT2D eigenvalue weighted by atomic mass is 16.6. The second kappa shape index (κ2) is 7.61. The lowest BCUT2D eigenvalue weighted by Crippen LogP contribution is -2.30. The van der Waals surface area contributed by atoms with Gasteiger partial charge >= 0.3 is 0 Å². The van der Waals surface area contributed by atoms with E-state index in [9.17, 15) is 4.79 Å². The molecule has 1 aromatic heterocycles. The molecule has 6 heteroatoms. The van der Waals surface area contributed by atoms with Gasteiger partial charge in [0.25, 0.3) is 5.91 Å². The van der Waals surface area contributed by atoms with Crippen molar-refractivity contribution in [2.45, 2.75) is 40.7 Å². The Morgan fingerprint density at radius 2 is 1.63 bits per heavy atom. The van der Waals surface area contributed by atoms with E-state index < -0.39 is 6.10 Å². The number of amides is 1. The molecule has 0 saturated carbocycles. The van der Waals surface area contributed by atoms with Crippen LogP contribution >= 0.6 is 0 Å². The van der Waals surface area contributed by atoms with Crippen molar-refractivity contribution in [3.05, 3.63) is 58.7 Å². The number of ether oxygens (including phenoxy) is 1. The quantitative estimate of drug-likeness (QED) is 0.726. The van der Waals surface area contributed by atoms with Crippen LogP contribution in [-0.2, 0) is 4.79 Å². The van der Waals surface area contributed by atoms with E-state index in [4.69, 9.17) is 9.37 Å². The van der Waals surface area contributed by atoms with E-state index in [1.807, 2.05) is 64.1 Å². The van der Waals surface area contributed by atoms with Crippen LogP contribution in [0.4, 0.5) is 5.82 Å². The fourth-order valence-electron chi connectivity index (χ4n) is 2.61. The summed E-state index contributed by atoms with van der Waals surface area (Å²) in [5.41, 5.74) is 5.90. The zero-order chi connectivity index (χ0) is 19.6. The minimum Gasteiger partial charge on any atom is -0.481 e. The molecule has 1 heterocycles. The van der Waals surface area contributed by atoms with Crippen LogP contribution in [0.3, 0.4) is 0 Å². The molecule has 1 unspecified atom stereocenters. The number of aryl methyl sites for hydroxylation is 4. The van der Waals surface area contributed by atoms with Gasteiger partial charge in [-0.1, -0.05) is 18.2 Å². The molecule has 0 bridgehead atoms. The van der Waals surface area contributed by atoms with E-state index in [0.29, 0.717) is 11.4 Å². The summed E-state index contributed by atoms with van der Waals surface area (Å²) in [6, 6.07) is 11.6. The molecule has 2 aromatic carbocycles. The van der Waals surface area contributed by atoms with Gasteiger partial charge in [-0.15, -0.1) is 0 Å². The number of hydrogen-bond acceptors (Lipinski definition) is 5. The molecule has 140 valence electrons. The zero-order valence-corrected chi connectivity index (χ0v) is 16.2. The van der Waals surface area contributed by atoms with Crippen LogP contribution in [0.15, 0.2) is 41.0 Å². The van der Waals surface area contributed by atoms with Crippen molar-refractivity contribution in [3.8, 4) is 17.0 Å². The first-order valence-corrected chi connectivity index (χ1v) is 8.80. The predicted octanol–water partition coefficient (Wildman–Crippen LogP) is 4.38. The van der Waals surface area contributed by atoms with Crippen molar-refractivity contribution in [3.63, 3.8) is 0 Å². The summed E-state index contributed by atoms with van der Waals surface area (Å²) in [4.78, 5) is 12.5. The summed E-state index contributed by atoms with van der Waals surface area (Å²) in [7, 11) is 0. The van der Waals surface area contributed by atoms with Gasteiger partial charge in [0.15, 0.2) is 11.8 Å². The third kappa shape index (κ3) is 4.16. The Bertz CT molecular complexity index is 979. The Kier molecular flexibility index (Phi) is 5.26. The predicted molar refractivity (Wildman–Crippen MR) is 104 cm³/mol. The molecule has 0 aliphatic carbocycles. The maximum Gasteiger partial charge on any atom is 0.266 e. The summed E-state index contributed by atoms with van der Waals surface area (Å²) in [6.07, 6.45) is -0.698. The number of carbonyl (C=O) groups is 1. The first kappa shape index (κ1) is 18.6. The lowest BCUT2D eigenvalue weighted by atomic mass is 10.0. The van der Waals surface area contributed by atoms with Gasteiger partial charge in [0.1, 0.15) is 5.75 Å². The molecule has 27 heavy (non-hydrogen) atoms. The molecule has 0 saturated heterocycles. The SMILES string of the molecule is Cc1ccc(OC(C)C(=O)Nc2nonc2-c2ccc(C)c(C)c2)cc1C. The first-order valence-electron chi connectivity index (χ1n) is 8.80. The molecule has 1 amide bonds. The van der Waals surface area contributed by atoms with Crippen LogP contribution in [0, 0.1) is 27.7 Å². The minimum absolute atomic E-state index is 0.277. The summed E-state index contributed by atoms with van der Waals surface area (Å²) >= 11 is 0. The van der Waals surface area contributed by atoms with Gasteiger partial charge in [0.2, 0.25) is 5.82 Å². The molecule has 0 radical (unpaired) electrons. The lowest BCUT2D eigenvalue weighted by molar-refractivity contribution is -0.122. The third-order valence-electron chi connectivity index (χ3n) is 4.67. The van der Waals surface area contributed by atoms with Crippen LogP contribution in [0.2, 0.25) is 0 Å². The zero-order valence-electron chi connectivity index (χ0n) is 16.2. The van der Waals surface area contributed by atoms with Crippen LogP contribution in [-0.4, -0.2) is 22.3 Å². The normalized spacial score (nSPS) is 11.9. The molecule has 0 fully saturated rings. The van der Waals surface area contributed by atoms with Gasteiger partial charge in [0.05, 0.1) is 0 Å². The van der Waals surface area contributed by atoms with Crippen molar-refractivity contribution < 1.29 is 14.2 Å². The van der Waals surface area contributed by atoms with E-state index in [2.05, 4.69) is 15.6 Å². The van der Waals surface area contributed by atoms with E-state index in [-0.39, 0.29) is 11.7 Å². The van der Waals surface area contributed by atoms with Crippen LogP contribution in [0.25, 0.3) is 11.3 Å². The fourth-order valence-corrected chi connectivity index (χ4v) is 2.61. The number of anilines is 1. The molecule has 0 aliphatic rings. The molecule has 6 nitrogen and oxygen atoms in total. The molecule has 1 atom stereocenters. The van der Waals surface area contributed by atoms with Gasteiger partial charge in [0, 0.05) is 5.56 Å². The summed E-state index contributed by atoms with van der Waals surface area (Å²) in [5.74, 6) is 0.598. The van der Waals surface area contributed by atoms with Crippen molar-refractivity contribution in [2.75, 3.05) is 5.32 Å². The average Bonchev–Trinajstić information content (AvgIpc) is 3.08. The molecular formula is C21H23N3O3. The average molecular weight is 365 g/mol. The van der Waals surface area contributed by atoms with E-state index >= 15 is 0 Å². The highest BCUT2D eigenvalue weighted by Crippen LogP contribution is 2.26. The molecule has 0 aliphatic heterocycles. The Morgan fingerprint density at radius 1 is 0.963 bits per heavy atom. The van der Waals surface area contributed by atoms with Crippen molar-refractivity contribution in [1.82, 2.24) is 10.3 Å². The molecular weight excluding hydrogens is 342 g/mol. The summed E-state index contributed by atoms with van der Waals surface area (Å²) < 4.78 is 10.6. The highest BCUT2D eigenvalue weighted by molar-refractivity contribution is 5.96. The van der Waals surface area contributed by atoms with Gasteiger partial charge in [-0.25, -0.2) is 4.63 Å². The van der Waals surface area contributed by atoms with E-state index in [1.54, 1.807) is 6.92 Å². The number of nitrogens with one attached hydrogen (secondary N) is 1. The van der Waals surface area contributed by atoms with Crippen molar-refractivity contribution >= 4 is 11.7 Å². The molecule has 3 aromatic rings.